The van der Waals surface area contributed by atoms with Gasteiger partial charge in [0, 0.05) is 5.54 Å². The van der Waals surface area contributed by atoms with E-state index in [4.69, 9.17) is 5.73 Å². The molecule has 0 aliphatic rings. The molecule has 0 fully saturated rings. The summed E-state index contributed by atoms with van der Waals surface area (Å²) in [5.41, 5.74) is 8.45. The first kappa shape index (κ1) is 33.5. The molecule has 0 saturated carbocycles. The number of hydrogen-bond donors (Lipinski definition) is 1. The van der Waals surface area contributed by atoms with Gasteiger partial charge in [-0.15, -0.1) is 12.4 Å². The highest BCUT2D eigenvalue weighted by molar-refractivity contribution is 5.85. The van der Waals surface area contributed by atoms with Crippen LogP contribution < -0.4 is 5.73 Å². The van der Waals surface area contributed by atoms with Crippen LogP contribution in [-0.2, 0) is 6.42 Å². The Morgan fingerprint density at radius 1 is 0.500 bits per heavy atom. The van der Waals surface area contributed by atoms with E-state index in [-0.39, 0.29) is 17.9 Å². The summed E-state index contributed by atoms with van der Waals surface area (Å²) >= 11 is 0. The van der Waals surface area contributed by atoms with Crippen LogP contribution in [0.3, 0.4) is 0 Å². The minimum absolute atomic E-state index is 0. The summed E-state index contributed by atoms with van der Waals surface area (Å²) in [6, 6.07) is 11.0. The van der Waals surface area contributed by atoms with E-state index < -0.39 is 0 Å². The molecule has 1 rings (SSSR count). The molecule has 1 aromatic carbocycles. The lowest BCUT2D eigenvalue weighted by Crippen LogP contribution is -2.42. The summed E-state index contributed by atoms with van der Waals surface area (Å²) in [6.45, 7) is 4.59. The molecule has 0 atom stereocenters. The Bertz CT molecular complexity index is 491. The molecule has 0 amide bonds. The van der Waals surface area contributed by atoms with Gasteiger partial charge in [-0.1, -0.05) is 173 Å². The van der Waals surface area contributed by atoms with Crippen molar-refractivity contribution in [3.63, 3.8) is 0 Å². The van der Waals surface area contributed by atoms with Crippen LogP contribution in [0.4, 0.5) is 0 Å². The summed E-state index contributed by atoms with van der Waals surface area (Å²) in [7, 11) is 0. The maximum Gasteiger partial charge on any atom is 0.0195 e. The van der Waals surface area contributed by atoms with Crippen molar-refractivity contribution in [2.24, 2.45) is 5.73 Å². The first-order chi connectivity index (χ1) is 16.2. The van der Waals surface area contributed by atoms with Crippen LogP contribution in [0.5, 0.6) is 0 Å². The Hall–Kier alpha value is -0.530. The number of benzene rings is 1. The fourth-order valence-corrected chi connectivity index (χ4v) is 5.23. The van der Waals surface area contributed by atoms with Crippen molar-refractivity contribution >= 4 is 12.4 Å². The highest BCUT2D eigenvalue weighted by Gasteiger charge is 2.24. The molecule has 2 heteroatoms. The van der Waals surface area contributed by atoms with Crippen molar-refractivity contribution in [3.8, 4) is 0 Å². The third-order valence-electron chi connectivity index (χ3n) is 7.46. The second-order valence-electron chi connectivity index (χ2n) is 10.9. The van der Waals surface area contributed by atoms with Crippen LogP contribution in [0.1, 0.15) is 161 Å². The van der Waals surface area contributed by atoms with Crippen molar-refractivity contribution in [1.29, 1.82) is 0 Å². The topological polar surface area (TPSA) is 26.0 Å². The first-order valence-corrected chi connectivity index (χ1v) is 15.0. The van der Waals surface area contributed by atoms with Gasteiger partial charge >= 0.3 is 0 Å². The van der Waals surface area contributed by atoms with Crippen molar-refractivity contribution < 1.29 is 0 Å². The van der Waals surface area contributed by atoms with Crippen LogP contribution >= 0.6 is 12.4 Å². The van der Waals surface area contributed by atoms with Gasteiger partial charge in [-0.2, -0.15) is 0 Å². The van der Waals surface area contributed by atoms with Crippen molar-refractivity contribution in [2.45, 2.75) is 167 Å². The van der Waals surface area contributed by atoms with Gasteiger partial charge in [0.2, 0.25) is 0 Å². The Morgan fingerprint density at radius 3 is 1.18 bits per heavy atom. The largest absolute Gasteiger partial charge is 0.325 e. The predicted octanol–water partition coefficient (Wildman–Crippen LogP) is 11.0. The Balaban J connectivity index is 0.0000109. The standard InChI is InChI=1S/C32H59N.ClH/c1-3-5-7-9-11-13-15-17-19-24-28-32(33,30-31-26-22-21-23-27-31)29-25-20-18-16-14-12-10-8-6-4-2;/h21-23,26-27H,3-20,24-25,28-30,33H2,1-2H3;1H. The van der Waals surface area contributed by atoms with E-state index in [2.05, 4.69) is 44.2 Å². The molecule has 0 spiro atoms. The second-order valence-corrected chi connectivity index (χ2v) is 10.9. The predicted molar refractivity (Wildman–Crippen MR) is 157 cm³/mol. The fraction of sp³-hybridized carbons (Fsp3) is 0.812. The van der Waals surface area contributed by atoms with E-state index in [1.54, 1.807) is 0 Å². The van der Waals surface area contributed by atoms with Crippen LogP contribution in [0.2, 0.25) is 0 Å². The summed E-state index contributed by atoms with van der Waals surface area (Å²) in [6.07, 6.45) is 31.4. The summed E-state index contributed by atoms with van der Waals surface area (Å²) in [5.74, 6) is 0. The zero-order chi connectivity index (χ0) is 23.9. The molecule has 2 N–H and O–H groups in total. The van der Waals surface area contributed by atoms with E-state index in [1.807, 2.05) is 0 Å². The van der Waals surface area contributed by atoms with E-state index in [0.717, 1.165) is 6.42 Å². The van der Waals surface area contributed by atoms with Crippen molar-refractivity contribution in [1.82, 2.24) is 0 Å². The fourth-order valence-electron chi connectivity index (χ4n) is 5.23. The lowest BCUT2D eigenvalue weighted by molar-refractivity contribution is 0.332. The van der Waals surface area contributed by atoms with Crippen LogP contribution in [0.25, 0.3) is 0 Å². The number of rotatable bonds is 24. The summed E-state index contributed by atoms with van der Waals surface area (Å²) in [4.78, 5) is 0. The number of unbranched alkanes of at least 4 members (excludes halogenated alkanes) is 18. The molecule has 0 saturated heterocycles. The van der Waals surface area contributed by atoms with E-state index in [9.17, 15) is 0 Å². The SMILES string of the molecule is CCCCCCCCCCCCC(N)(CCCCCCCCCCCC)Cc1ccccc1.Cl. The summed E-state index contributed by atoms with van der Waals surface area (Å²) in [5, 5.41) is 0. The average Bonchev–Trinajstić information content (AvgIpc) is 2.82. The van der Waals surface area contributed by atoms with Crippen LogP contribution in [0, 0.1) is 0 Å². The zero-order valence-corrected chi connectivity index (χ0v) is 24.0. The molecular weight excluding hydrogens is 434 g/mol. The van der Waals surface area contributed by atoms with Gasteiger partial charge in [0.15, 0.2) is 0 Å². The maximum absolute atomic E-state index is 7.05. The number of nitrogens with two attached hydrogens (primary N) is 1. The van der Waals surface area contributed by atoms with Gasteiger partial charge in [0.05, 0.1) is 0 Å². The third kappa shape index (κ3) is 19.7. The molecule has 0 radical (unpaired) electrons. The molecule has 34 heavy (non-hydrogen) atoms. The summed E-state index contributed by atoms with van der Waals surface area (Å²) < 4.78 is 0. The maximum atomic E-state index is 7.05. The average molecular weight is 494 g/mol. The lowest BCUT2D eigenvalue weighted by atomic mass is 9.82. The van der Waals surface area contributed by atoms with Crippen LogP contribution in [0.15, 0.2) is 30.3 Å². The number of hydrogen-bond acceptors (Lipinski definition) is 1. The minimum Gasteiger partial charge on any atom is -0.325 e. The monoisotopic (exact) mass is 493 g/mol. The molecule has 0 bridgehead atoms. The first-order valence-electron chi connectivity index (χ1n) is 15.0. The van der Waals surface area contributed by atoms with Crippen molar-refractivity contribution in [2.75, 3.05) is 0 Å². The molecule has 1 aromatic rings. The molecule has 200 valence electrons. The Morgan fingerprint density at radius 2 is 0.824 bits per heavy atom. The second kappa shape index (κ2) is 24.2. The number of halogens is 1. The molecule has 0 aliphatic heterocycles. The zero-order valence-electron chi connectivity index (χ0n) is 23.1. The van der Waals surface area contributed by atoms with Crippen molar-refractivity contribution in [3.05, 3.63) is 35.9 Å². The normalized spacial score (nSPS) is 11.5. The highest BCUT2D eigenvalue weighted by Crippen LogP contribution is 2.25. The van der Waals surface area contributed by atoms with Gasteiger partial charge in [0.1, 0.15) is 0 Å². The van der Waals surface area contributed by atoms with E-state index in [0.29, 0.717) is 0 Å². The Kier molecular flexibility index (Phi) is 23.8. The minimum atomic E-state index is -0.0122. The lowest BCUT2D eigenvalue weighted by Gasteiger charge is -2.30. The molecular formula is C32H60ClN. The third-order valence-corrected chi connectivity index (χ3v) is 7.46. The van der Waals surface area contributed by atoms with Gasteiger partial charge in [-0.05, 0) is 24.8 Å². The van der Waals surface area contributed by atoms with Gasteiger partial charge < -0.3 is 5.73 Å². The van der Waals surface area contributed by atoms with E-state index >= 15 is 0 Å². The molecule has 0 unspecified atom stereocenters. The van der Waals surface area contributed by atoms with Crippen LogP contribution in [-0.4, -0.2) is 5.54 Å². The Labute approximate surface area is 220 Å². The van der Waals surface area contributed by atoms with E-state index in [1.165, 1.54) is 147 Å². The highest BCUT2D eigenvalue weighted by atomic mass is 35.5. The smallest absolute Gasteiger partial charge is 0.0195 e. The quantitative estimate of drug-likeness (QED) is 0.142. The molecule has 1 nitrogen and oxygen atoms in total. The van der Waals surface area contributed by atoms with Gasteiger partial charge in [0.25, 0.3) is 0 Å². The molecule has 0 aromatic heterocycles. The molecule has 0 heterocycles. The molecule has 0 aliphatic carbocycles. The van der Waals surface area contributed by atoms with Gasteiger partial charge in [-0.25, -0.2) is 0 Å². The van der Waals surface area contributed by atoms with Gasteiger partial charge in [-0.3, -0.25) is 0 Å².